The largest absolute Gasteiger partial charge is 0.433 e. The van der Waals surface area contributed by atoms with Crippen molar-refractivity contribution in [2.45, 2.75) is 63.3 Å². The van der Waals surface area contributed by atoms with Gasteiger partial charge in [0.15, 0.2) is 0 Å². The minimum absolute atomic E-state index is 0.135. The lowest BCUT2D eigenvalue weighted by Crippen LogP contribution is -2.51. The average molecular weight is 538 g/mol. The van der Waals surface area contributed by atoms with Crippen LogP contribution >= 0.6 is 0 Å². The van der Waals surface area contributed by atoms with Gasteiger partial charge < -0.3 is 20.9 Å². The zero-order valence-corrected chi connectivity index (χ0v) is 21.4. The predicted molar refractivity (Wildman–Crippen MR) is 144 cm³/mol. The third-order valence-corrected chi connectivity index (χ3v) is 7.18. The first kappa shape index (κ1) is 26.5. The fraction of sp³-hybridized carbons (Fsp3) is 0.345. The number of hydrogen-bond donors (Lipinski definition) is 4. The van der Waals surface area contributed by atoms with E-state index < -0.39 is 17.9 Å². The number of carbonyl (C=O) groups excluding carboxylic acids is 2. The van der Waals surface area contributed by atoms with E-state index in [1.807, 2.05) is 30.5 Å². The fourth-order valence-electron chi connectivity index (χ4n) is 5.39. The number of nitrogens with zero attached hydrogens (tertiary/aromatic N) is 1. The molecule has 10 heteroatoms. The maximum absolute atomic E-state index is 13.5. The number of carbonyl (C=O) groups is 2. The molecule has 0 bridgehead atoms. The summed E-state index contributed by atoms with van der Waals surface area (Å²) in [5, 5.41) is 10.7. The van der Waals surface area contributed by atoms with E-state index in [9.17, 15) is 22.8 Å². The molecule has 0 radical (unpaired) electrons. The first-order valence-electron chi connectivity index (χ1n) is 13.0. The number of para-hydroxylation sites is 2. The Labute approximate surface area is 223 Å². The standard InChI is InChI=1S/C29H30F3N5O2/c1-17(38)34-26(13-18-16-33-23-11-4-2-9-21(18)23)28(39)36-20-8-6-7-19(14-20)35-25-15-27(29(30,31)32)37-24-12-5-3-10-22(24)25/h2-5,9-12,15-16,19-20,26,33H,6-8,13-14H2,1H3,(H,34,38)(H,35,37)(H,36,39)/t19-,20+,26?/m0/s1. The second-order valence-electron chi connectivity index (χ2n) is 10.1. The number of rotatable bonds is 7. The Balaban J connectivity index is 1.29. The predicted octanol–water partition coefficient (Wildman–Crippen LogP) is 5.32. The number of benzene rings is 2. The lowest BCUT2D eigenvalue weighted by atomic mass is 9.90. The van der Waals surface area contributed by atoms with Gasteiger partial charge in [0, 0.05) is 53.6 Å². The van der Waals surface area contributed by atoms with Crippen molar-refractivity contribution >= 4 is 39.3 Å². The molecule has 1 unspecified atom stereocenters. The molecule has 39 heavy (non-hydrogen) atoms. The van der Waals surface area contributed by atoms with Crippen LogP contribution in [0.15, 0.2) is 60.8 Å². The van der Waals surface area contributed by atoms with Gasteiger partial charge in [0.1, 0.15) is 11.7 Å². The van der Waals surface area contributed by atoms with E-state index >= 15 is 0 Å². The second kappa shape index (κ2) is 11.0. The monoisotopic (exact) mass is 537 g/mol. The maximum atomic E-state index is 13.5. The fourth-order valence-corrected chi connectivity index (χ4v) is 5.39. The summed E-state index contributed by atoms with van der Waals surface area (Å²) in [5.74, 6) is -0.585. The molecule has 204 valence electrons. The van der Waals surface area contributed by atoms with Crippen molar-refractivity contribution in [1.29, 1.82) is 0 Å². The highest BCUT2D eigenvalue weighted by atomic mass is 19.4. The van der Waals surface area contributed by atoms with Gasteiger partial charge in [0.25, 0.3) is 0 Å². The highest BCUT2D eigenvalue weighted by Crippen LogP contribution is 2.34. The summed E-state index contributed by atoms with van der Waals surface area (Å²) in [7, 11) is 0. The molecule has 0 spiro atoms. The molecule has 1 saturated carbocycles. The van der Waals surface area contributed by atoms with Gasteiger partial charge in [-0.2, -0.15) is 13.2 Å². The molecule has 3 atom stereocenters. The van der Waals surface area contributed by atoms with E-state index in [-0.39, 0.29) is 29.4 Å². The molecule has 2 aromatic heterocycles. The summed E-state index contributed by atoms with van der Waals surface area (Å²) in [6.07, 6.45) is 0.458. The smallest absolute Gasteiger partial charge is 0.382 e. The van der Waals surface area contributed by atoms with Gasteiger partial charge in [-0.05, 0) is 49.4 Å². The molecule has 1 aliphatic rings. The Bertz CT molecular complexity index is 1500. The number of hydrogen-bond acceptors (Lipinski definition) is 4. The van der Waals surface area contributed by atoms with Gasteiger partial charge in [-0.15, -0.1) is 0 Å². The van der Waals surface area contributed by atoms with Gasteiger partial charge >= 0.3 is 6.18 Å². The van der Waals surface area contributed by atoms with Crippen LogP contribution in [0.3, 0.4) is 0 Å². The van der Waals surface area contributed by atoms with Gasteiger partial charge in [0.2, 0.25) is 11.8 Å². The molecule has 0 saturated heterocycles. The van der Waals surface area contributed by atoms with Gasteiger partial charge in [-0.25, -0.2) is 4.98 Å². The quantitative estimate of drug-likeness (QED) is 0.256. The molecule has 7 nitrogen and oxygen atoms in total. The van der Waals surface area contributed by atoms with Crippen LogP contribution in [0.2, 0.25) is 0 Å². The SMILES string of the molecule is CC(=O)NC(Cc1c[nH]c2ccccc12)C(=O)N[C@@H]1CCC[C@H](Nc2cc(C(F)(F)F)nc3ccccc23)C1. The molecule has 4 N–H and O–H groups in total. The summed E-state index contributed by atoms with van der Waals surface area (Å²) >= 11 is 0. The normalized spacial score (nSPS) is 18.6. The van der Waals surface area contributed by atoms with Gasteiger partial charge in [0.05, 0.1) is 5.52 Å². The molecule has 0 aliphatic heterocycles. The molecule has 1 fully saturated rings. The molecular weight excluding hydrogens is 507 g/mol. The maximum Gasteiger partial charge on any atom is 0.433 e. The Hall–Kier alpha value is -4.08. The number of pyridine rings is 1. The average Bonchev–Trinajstić information content (AvgIpc) is 3.30. The van der Waals surface area contributed by atoms with E-state index in [1.165, 1.54) is 6.92 Å². The second-order valence-corrected chi connectivity index (χ2v) is 10.1. The molecule has 4 aromatic rings. The van der Waals surface area contributed by atoms with E-state index in [1.54, 1.807) is 24.3 Å². The highest BCUT2D eigenvalue weighted by molar-refractivity contribution is 5.92. The van der Waals surface area contributed by atoms with Crippen LogP contribution in [0, 0.1) is 0 Å². The summed E-state index contributed by atoms with van der Waals surface area (Å²) in [6, 6.07) is 14.5. The highest BCUT2D eigenvalue weighted by Gasteiger charge is 2.34. The summed E-state index contributed by atoms with van der Waals surface area (Å²) < 4.78 is 40.5. The summed E-state index contributed by atoms with van der Waals surface area (Å²) in [6.45, 7) is 1.38. The molecule has 5 rings (SSSR count). The van der Waals surface area contributed by atoms with Crippen molar-refractivity contribution in [2.24, 2.45) is 0 Å². The van der Waals surface area contributed by atoms with Crippen molar-refractivity contribution in [3.63, 3.8) is 0 Å². The van der Waals surface area contributed by atoms with Crippen LogP contribution in [0.4, 0.5) is 18.9 Å². The van der Waals surface area contributed by atoms with Crippen LogP contribution < -0.4 is 16.0 Å². The van der Waals surface area contributed by atoms with Crippen molar-refractivity contribution in [1.82, 2.24) is 20.6 Å². The van der Waals surface area contributed by atoms with Crippen LogP contribution in [-0.4, -0.2) is 39.9 Å². The number of amides is 2. The van der Waals surface area contributed by atoms with Crippen LogP contribution in [-0.2, 0) is 22.2 Å². The molecule has 2 amide bonds. The van der Waals surface area contributed by atoms with Crippen LogP contribution in [0.25, 0.3) is 21.8 Å². The molecule has 1 aliphatic carbocycles. The zero-order valence-electron chi connectivity index (χ0n) is 21.4. The molecule has 2 aromatic carbocycles. The Morgan fingerprint density at radius 3 is 2.54 bits per heavy atom. The van der Waals surface area contributed by atoms with Crippen molar-refractivity contribution in [2.75, 3.05) is 5.32 Å². The minimum Gasteiger partial charge on any atom is -0.382 e. The molecular formula is C29H30F3N5O2. The van der Waals surface area contributed by atoms with Gasteiger partial charge in [-0.3, -0.25) is 9.59 Å². The summed E-state index contributed by atoms with van der Waals surface area (Å²) in [5.41, 5.74) is 1.58. The third-order valence-electron chi connectivity index (χ3n) is 7.18. The topological polar surface area (TPSA) is 98.9 Å². The van der Waals surface area contributed by atoms with Crippen molar-refractivity contribution in [3.8, 4) is 0 Å². The Morgan fingerprint density at radius 2 is 1.77 bits per heavy atom. The number of H-pyrrole nitrogens is 1. The minimum atomic E-state index is -4.56. The Kier molecular flexibility index (Phi) is 7.45. The third kappa shape index (κ3) is 6.16. The van der Waals surface area contributed by atoms with Crippen LogP contribution in [0.5, 0.6) is 0 Å². The lowest BCUT2D eigenvalue weighted by Gasteiger charge is -2.32. The number of halogens is 3. The van der Waals surface area contributed by atoms with Gasteiger partial charge in [-0.1, -0.05) is 36.4 Å². The number of nitrogens with one attached hydrogen (secondary N) is 4. The zero-order chi connectivity index (χ0) is 27.6. The number of anilines is 1. The van der Waals surface area contributed by atoms with Crippen LogP contribution in [0.1, 0.15) is 43.9 Å². The summed E-state index contributed by atoms with van der Waals surface area (Å²) in [4.78, 5) is 32.2. The lowest BCUT2D eigenvalue weighted by molar-refractivity contribution is -0.141. The number of fused-ring (bicyclic) bond motifs is 2. The van der Waals surface area contributed by atoms with E-state index in [0.29, 0.717) is 23.9 Å². The number of aromatic amines is 1. The van der Waals surface area contributed by atoms with Crippen molar-refractivity contribution in [3.05, 3.63) is 72.1 Å². The first-order chi connectivity index (χ1) is 18.7. The van der Waals surface area contributed by atoms with E-state index in [0.717, 1.165) is 41.8 Å². The first-order valence-corrected chi connectivity index (χ1v) is 13.0. The Morgan fingerprint density at radius 1 is 1.05 bits per heavy atom. The van der Waals surface area contributed by atoms with Crippen molar-refractivity contribution < 1.29 is 22.8 Å². The van der Waals surface area contributed by atoms with E-state index in [2.05, 4.69) is 25.9 Å². The number of aromatic nitrogens is 2. The van der Waals surface area contributed by atoms with E-state index in [4.69, 9.17) is 0 Å². The molecule has 2 heterocycles. The number of alkyl halides is 3.